The molecule has 0 radical (unpaired) electrons. The Kier molecular flexibility index (Phi) is 3.17. The van der Waals surface area contributed by atoms with Gasteiger partial charge in [0.15, 0.2) is 0 Å². The highest BCUT2D eigenvalue weighted by Gasteiger charge is 2.35. The van der Waals surface area contributed by atoms with E-state index in [1.165, 1.54) is 6.20 Å². The van der Waals surface area contributed by atoms with Crippen LogP contribution in [0, 0.1) is 6.92 Å². The highest BCUT2D eigenvalue weighted by atomic mass is 16.5. The Morgan fingerprint density at radius 3 is 2.83 bits per heavy atom. The summed E-state index contributed by atoms with van der Waals surface area (Å²) >= 11 is 0. The first-order valence-corrected chi connectivity index (χ1v) is 7.68. The van der Waals surface area contributed by atoms with Gasteiger partial charge in [-0.05, 0) is 13.3 Å². The number of aryl methyl sites for hydroxylation is 1. The van der Waals surface area contributed by atoms with Crippen LogP contribution in [0.4, 0.5) is 5.69 Å². The van der Waals surface area contributed by atoms with E-state index in [1.807, 2.05) is 10.9 Å². The quantitative estimate of drug-likeness (QED) is 0.844. The van der Waals surface area contributed by atoms with E-state index in [1.54, 1.807) is 22.9 Å². The number of hydrogen-bond acceptors (Lipinski definition) is 5. The van der Waals surface area contributed by atoms with Crippen molar-refractivity contribution in [3.05, 3.63) is 29.9 Å². The van der Waals surface area contributed by atoms with Crippen molar-refractivity contribution in [2.75, 3.05) is 24.5 Å². The molecule has 4 rings (SSSR count). The normalized spacial score (nSPS) is 18.6. The summed E-state index contributed by atoms with van der Waals surface area (Å²) < 4.78 is 6.77. The van der Waals surface area contributed by atoms with Gasteiger partial charge < -0.3 is 14.3 Å². The Morgan fingerprint density at radius 1 is 1.35 bits per heavy atom. The van der Waals surface area contributed by atoms with Gasteiger partial charge in [-0.15, -0.1) is 0 Å². The number of aromatic nitrogens is 3. The van der Waals surface area contributed by atoms with Crippen molar-refractivity contribution in [2.45, 2.75) is 25.8 Å². The van der Waals surface area contributed by atoms with Gasteiger partial charge in [-0.25, -0.2) is 0 Å². The standard InChI is InChI=1S/C15H17N5O3/c1-10-13(6-17-23-10)15(22)18-7-12(8-18)20-9-11(5-16-20)19-4-2-3-14(19)21/h5-6,9,12H,2-4,7-8H2,1H3. The van der Waals surface area contributed by atoms with Crippen molar-refractivity contribution in [3.63, 3.8) is 0 Å². The van der Waals surface area contributed by atoms with E-state index in [-0.39, 0.29) is 17.9 Å². The molecule has 2 aliphatic heterocycles. The second kappa shape index (κ2) is 5.22. The molecule has 2 aromatic rings. The van der Waals surface area contributed by atoms with Crippen LogP contribution in [0.25, 0.3) is 0 Å². The summed E-state index contributed by atoms with van der Waals surface area (Å²) in [5.41, 5.74) is 1.35. The van der Waals surface area contributed by atoms with E-state index in [2.05, 4.69) is 10.3 Å². The molecular weight excluding hydrogens is 298 g/mol. The third-order valence-corrected chi connectivity index (χ3v) is 4.48. The van der Waals surface area contributed by atoms with Crippen LogP contribution in [-0.2, 0) is 4.79 Å². The lowest BCUT2D eigenvalue weighted by atomic mass is 10.1. The summed E-state index contributed by atoms with van der Waals surface area (Å²) in [7, 11) is 0. The predicted molar refractivity (Wildman–Crippen MR) is 80.0 cm³/mol. The number of anilines is 1. The third-order valence-electron chi connectivity index (χ3n) is 4.48. The molecular formula is C15H17N5O3. The number of likely N-dealkylation sites (tertiary alicyclic amines) is 1. The molecule has 0 spiro atoms. The topological polar surface area (TPSA) is 84.5 Å². The fourth-order valence-corrected chi connectivity index (χ4v) is 3.05. The van der Waals surface area contributed by atoms with E-state index in [0.29, 0.717) is 30.8 Å². The average molecular weight is 315 g/mol. The predicted octanol–water partition coefficient (Wildman–Crippen LogP) is 1.00. The summed E-state index contributed by atoms with van der Waals surface area (Å²) in [6.45, 7) is 3.67. The molecule has 2 fully saturated rings. The molecule has 4 heterocycles. The summed E-state index contributed by atoms with van der Waals surface area (Å²) in [6.07, 6.45) is 6.57. The summed E-state index contributed by atoms with van der Waals surface area (Å²) in [5.74, 6) is 0.618. The fourth-order valence-electron chi connectivity index (χ4n) is 3.05. The van der Waals surface area contributed by atoms with Crippen molar-refractivity contribution in [1.29, 1.82) is 0 Å². The molecule has 120 valence electrons. The first kappa shape index (κ1) is 14.0. The number of carbonyl (C=O) groups is 2. The molecule has 2 saturated heterocycles. The molecule has 0 atom stereocenters. The first-order chi connectivity index (χ1) is 11.1. The molecule has 2 amide bonds. The number of hydrogen-bond donors (Lipinski definition) is 0. The maximum atomic E-state index is 12.3. The SMILES string of the molecule is Cc1oncc1C(=O)N1CC(n2cc(N3CCCC3=O)cn2)C1. The van der Waals surface area contributed by atoms with E-state index in [9.17, 15) is 9.59 Å². The van der Waals surface area contributed by atoms with Crippen LogP contribution < -0.4 is 4.90 Å². The molecule has 2 aromatic heterocycles. The van der Waals surface area contributed by atoms with E-state index in [0.717, 1.165) is 18.7 Å². The Hall–Kier alpha value is -2.64. The average Bonchev–Trinajstić information content (AvgIpc) is 3.18. The van der Waals surface area contributed by atoms with Gasteiger partial charge in [-0.3, -0.25) is 14.3 Å². The van der Waals surface area contributed by atoms with Gasteiger partial charge in [-0.1, -0.05) is 5.16 Å². The molecule has 0 aliphatic carbocycles. The van der Waals surface area contributed by atoms with Crippen LogP contribution in [0.2, 0.25) is 0 Å². The van der Waals surface area contributed by atoms with Gasteiger partial charge in [0.2, 0.25) is 5.91 Å². The molecule has 0 bridgehead atoms. The van der Waals surface area contributed by atoms with Gasteiger partial charge in [0.25, 0.3) is 5.91 Å². The third kappa shape index (κ3) is 2.30. The number of rotatable bonds is 3. The summed E-state index contributed by atoms with van der Waals surface area (Å²) in [5, 5.41) is 7.98. The van der Waals surface area contributed by atoms with Crippen molar-refractivity contribution in [2.24, 2.45) is 0 Å². The molecule has 0 aromatic carbocycles. The van der Waals surface area contributed by atoms with Gasteiger partial charge in [0.1, 0.15) is 11.3 Å². The monoisotopic (exact) mass is 315 g/mol. The van der Waals surface area contributed by atoms with Gasteiger partial charge in [0, 0.05) is 32.3 Å². The highest BCUT2D eigenvalue weighted by molar-refractivity contribution is 5.95. The van der Waals surface area contributed by atoms with Crippen LogP contribution in [-0.4, -0.2) is 51.3 Å². The van der Waals surface area contributed by atoms with Crippen LogP contribution in [0.1, 0.15) is 35.0 Å². The van der Waals surface area contributed by atoms with Gasteiger partial charge in [0.05, 0.1) is 24.1 Å². The summed E-state index contributed by atoms with van der Waals surface area (Å²) in [6, 6.07) is 0.144. The zero-order valence-electron chi connectivity index (χ0n) is 12.8. The van der Waals surface area contributed by atoms with E-state index in [4.69, 9.17) is 4.52 Å². The van der Waals surface area contributed by atoms with Gasteiger partial charge >= 0.3 is 0 Å². The van der Waals surface area contributed by atoms with Crippen molar-refractivity contribution >= 4 is 17.5 Å². The number of carbonyl (C=O) groups excluding carboxylic acids is 2. The highest BCUT2D eigenvalue weighted by Crippen LogP contribution is 2.27. The number of amides is 2. The molecule has 23 heavy (non-hydrogen) atoms. The second-order valence-electron chi connectivity index (χ2n) is 5.99. The Labute approximate surface area is 132 Å². The van der Waals surface area contributed by atoms with E-state index >= 15 is 0 Å². The molecule has 8 nitrogen and oxygen atoms in total. The Bertz CT molecular complexity index is 759. The lowest BCUT2D eigenvalue weighted by Gasteiger charge is -2.39. The van der Waals surface area contributed by atoms with E-state index < -0.39 is 0 Å². The van der Waals surface area contributed by atoms with Crippen molar-refractivity contribution < 1.29 is 14.1 Å². The summed E-state index contributed by atoms with van der Waals surface area (Å²) in [4.78, 5) is 27.6. The van der Waals surface area contributed by atoms with Crippen molar-refractivity contribution in [1.82, 2.24) is 19.8 Å². The van der Waals surface area contributed by atoms with Crippen molar-refractivity contribution in [3.8, 4) is 0 Å². The van der Waals surface area contributed by atoms with Crippen LogP contribution in [0.5, 0.6) is 0 Å². The lowest BCUT2D eigenvalue weighted by Crippen LogP contribution is -2.50. The smallest absolute Gasteiger partial charge is 0.259 e. The minimum atomic E-state index is -0.0675. The minimum absolute atomic E-state index is 0.0675. The zero-order valence-corrected chi connectivity index (χ0v) is 12.8. The molecule has 0 saturated carbocycles. The van der Waals surface area contributed by atoms with Gasteiger partial charge in [-0.2, -0.15) is 5.10 Å². The van der Waals surface area contributed by atoms with Crippen LogP contribution >= 0.6 is 0 Å². The fraction of sp³-hybridized carbons (Fsp3) is 0.467. The molecule has 0 unspecified atom stereocenters. The lowest BCUT2D eigenvalue weighted by molar-refractivity contribution is -0.117. The Balaban J connectivity index is 1.41. The molecule has 0 N–H and O–H groups in total. The largest absolute Gasteiger partial charge is 0.361 e. The second-order valence-corrected chi connectivity index (χ2v) is 5.99. The van der Waals surface area contributed by atoms with Crippen LogP contribution in [0.15, 0.2) is 23.1 Å². The Morgan fingerprint density at radius 2 is 2.17 bits per heavy atom. The molecule has 8 heteroatoms. The number of nitrogens with zero attached hydrogens (tertiary/aromatic N) is 5. The maximum absolute atomic E-state index is 12.3. The zero-order chi connectivity index (χ0) is 16.0. The first-order valence-electron chi connectivity index (χ1n) is 7.68. The van der Waals surface area contributed by atoms with Crippen LogP contribution in [0.3, 0.4) is 0 Å². The molecule has 2 aliphatic rings. The maximum Gasteiger partial charge on any atom is 0.259 e. The minimum Gasteiger partial charge on any atom is -0.361 e.